The third-order valence-corrected chi connectivity index (χ3v) is 3.13. The molecule has 1 aliphatic heterocycles. The summed E-state index contributed by atoms with van der Waals surface area (Å²) >= 11 is 0. The maximum Gasteiger partial charge on any atom is 0.231 e. The molecule has 0 bridgehead atoms. The van der Waals surface area contributed by atoms with E-state index in [0.29, 0.717) is 5.89 Å². The topological polar surface area (TPSA) is 44.5 Å². The molecule has 0 unspecified atom stereocenters. The van der Waals surface area contributed by atoms with Crippen LogP contribution in [0.5, 0.6) is 11.5 Å². The second kappa shape index (κ2) is 4.42. The van der Waals surface area contributed by atoms with Crippen molar-refractivity contribution >= 4 is 23.3 Å². The van der Waals surface area contributed by atoms with Crippen LogP contribution in [0.4, 0.5) is 0 Å². The predicted octanol–water partition coefficient (Wildman–Crippen LogP) is 3.73. The molecule has 1 aromatic heterocycles. The quantitative estimate of drug-likeness (QED) is 0.708. The Balaban J connectivity index is 1.64. The van der Waals surface area contributed by atoms with Crippen molar-refractivity contribution in [3.05, 3.63) is 53.9 Å². The second-order valence-corrected chi connectivity index (χ2v) is 4.47. The molecule has 2 aromatic carbocycles. The number of aromatic nitrogens is 1. The molecule has 20 heavy (non-hydrogen) atoms. The molecule has 0 aliphatic carbocycles. The predicted molar refractivity (Wildman–Crippen MR) is 75.5 cm³/mol. The lowest BCUT2D eigenvalue weighted by Gasteiger charge is -1.96. The summed E-state index contributed by atoms with van der Waals surface area (Å²) in [6.07, 6.45) is 3.78. The van der Waals surface area contributed by atoms with Gasteiger partial charge < -0.3 is 13.9 Å². The Kier molecular flexibility index (Phi) is 2.45. The number of nitrogens with zero attached hydrogens (tertiary/aromatic N) is 1. The highest BCUT2D eigenvalue weighted by Crippen LogP contribution is 2.33. The fourth-order valence-corrected chi connectivity index (χ4v) is 2.15. The van der Waals surface area contributed by atoms with Gasteiger partial charge in [-0.3, -0.25) is 0 Å². The van der Waals surface area contributed by atoms with Gasteiger partial charge in [-0.1, -0.05) is 18.2 Å². The first-order chi connectivity index (χ1) is 9.88. The number of hydrogen-bond acceptors (Lipinski definition) is 4. The molecule has 4 heteroatoms. The molecule has 2 heterocycles. The maximum absolute atomic E-state index is 5.63. The highest BCUT2D eigenvalue weighted by atomic mass is 16.7. The number of para-hydroxylation sites is 2. The Hall–Kier alpha value is -2.75. The Morgan fingerprint density at radius 1 is 0.950 bits per heavy atom. The smallest absolute Gasteiger partial charge is 0.231 e. The van der Waals surface area contributed by atoms with Crippen LogP contribution >= 0.6 is 0 Å². The van der Waals surface area contributed by atoms with E-state index in [0.717, 1.165) is 28.2 Å². The number of fused-ring (bicyclic) bond motifs is 2. The minimum atomic E-state index is 0.285. The standard InChI is InChI=1S/C16H11NO3/c1-2-4-13-12(3-1)17-16(20-13)8-6-11-5-7-14-15(9-11)19-10-18-14/h1-9H,10H2/b8-6+. The number of ether oxygens (including phenoxy) is 2. The van der Waals surface area contributed by atoms with Crippen LogP contribution in [0.25, 0.3) is 23.3 Å². The van der Waals surface area contributed by atoms with E-state index in [1.54, 1.807) is 0 Å². The summed E-state index contributed by atoms with van der Waals surface area (Å²) in [5, 5.41) is 0. The fourth-order valence-electron chi connectivity index (χ4n) is 2.15. The Labute approximate surface area is 115 Å². The van der Waals surface area contributed by atoms with E-state index in [1.807, 2.05) is 54.6 Å². The zero-order valence-electron chi connectivity index (χ0n) is 10.6. The molecular weight excluding hydrogens is 254 g/mol. The van der Waals surface area contributed by atoms with E-state index in [1.165, 1.54) is 0 Å². The monoisotopic (exact) mass is 265 g/mol. The number of benzene rings is 2. The zero-order chi connectivity index (χ0) is 13.4. The first-order valence-electron chi connectivity index (χ1n) is 6.32. The van der Waals surface area contributed by atoms with Gasteiger partial charge in [-0.05, 0) is 35.9 Å². The third kappa shape index (κ3) is 1.91. The van der Waals surface area contributed by atoms with Crippen molar-refractivity contribution in [3.63, 3.8) is 0 Å². The maximum atomic E-state index is 5.63. The van der Waals surface area contributed by atoms with E-state index >= 15 is 0 Å². The van der Waals surface area contributed by atoms with Gasteiger partial charge in [0.15, 0.2) is 17.1 Å². The van der Waals surface area contributed by atoms with Crippen LogP contribution in [0.1, 0.15) is 11.5 Å². The minimum Gasteiger partial charge on any atom is -0.454 e. The van der Waals surface area contributed by atoms with Crippen molar-refractivity contribution in [2.45, 2.75) is 0 Å². The lowest BCUT2D eigenvalue weighted by Crippen LogP contribution is -1.92. The molecule has 0 saturated heterocycles. The largest absolute Gasteiger partial charge is 0.454 e. The highest BCUT2D eigenvalue weighted by molar-refractivity contribution is 5.76. The summed E-state index contributed by atoms with van der Waals surface area (Å²) in [4.78, 5) is 4.39. The lowest BCUT2D eigenvalue weighted by atomic mass is 10.2. The van der Waals surface area contributed by atoms with Gasteiger partial charge in [0.05, 0.1) is 0 Å². The van der Waals surface area contributed by atoms with Crippen LogP contribution in [0.15, 0.2) is 46.9 Å². The van der Waals surface area contributed by atoms with E-state index in [2.05, 4.69) is 4.98 Å². The van der Waals surface area contributed by atoms with E-state index in [4.69, 9.17) is 13.9 Å². The van der Waals surface area contributed by atoms with E-state index in [-0.39, 0.29) is 6.79 Å². The molecule has 4 rings (SSSR count). The van der Waals surface area contributed by atoms with Gasteiger partial charge in [0.2, 0.25) is 12.7 Å². The Morgan fingerprint density at radius 3 is 2.80 bits per heavy atom. The van der Waals surface area contributed by atoms with Crippen molar-refractivity contribution in [3.8, 4) is 11.5 Å². The van der Waals surface area contributed by atoms with E-state index in [9.17, 15) is 0 Å². The van der Waals surface area contributed by atoms with Crippen molar-refractivity contribution in [2.24, 2.45) is 0 Å². The summed E-state index contributed by atoms with van der Waals surface area (Å²) in [7, 11) is 0. The van der Waals surface area contributed by atoms with Gasteiger partial charge in [0.1, 0.15) is 5.52 Å². The van der Waals surface area contributed by atoms with Crippen LogP contribution in [-0.4, -0.2) is 11.8 Å². The second-order valence-electron chi connectivity index (χ2n) is 4.47. The van der Waals surface area contributed by atoms with Crippen molar-refractivity contribution in [2.75, 3.05) is 6.79 Å². The van der Waals surface area contributed by atoms with Gasteiger partial charge in [-0.25, -0.2) is 4.98 Å². The summed E-state index contributed by atoms with van der Waals surface area (Å²) in [6.45, 7) is 0.285. The average molecular weight is 265 g/mol. The summed E-state index contributed by atoms with van der Waals surface area (Å²) in [6, 6.07) is 13.5. The minimum absolute atomic E-state index is 0.285. The summed E-state index contributed by atoms with van der Waals surface area (Å²) < 4.78 is 16.3. The van der Waals surface area contributed by atoms with Gasteiger partial charge in [-0.2, -0.15) is 0 Å². The highest BCUT2D eigenvalue weighted by Gasteiger charge is 2.12. The first kappa shape index (κ1) is 11.1. The molecule has 0 saturated carbocycles. The van der Waals surface area contributed by atoms with Crippen LogP contribution in [-0.2, 0) is 0 Å². The number of oxazole rings is 1. The molecule has 4 nitrogen and oxygen atoms in total. The number of rotatable bonds is 2. The van der Waals surface area contributed by atoms with Gasteiger partial charge in [-0.15, -0.1) is 0 Å². The van der Waals surface area contributed by atoms with Crippen molar-refractivity contribution in [1.29, 1.82) is 0 Å². The third-order valence-electron chi connectivity index (χ3n) is 3.13. The molecule has 0 N–H and O–H groups in total. The molecule has 0 amide bonds. The molecule has 1 aliphatic rings. The summed E-state index contributed by atoms with van der Waals surface area (Å²) in [5.41, 5.74) is 2.66. The Bertz CT molecular complexity index is 771. The van der Waals surface area contributed by atoms with E-state index < -0.39 is 0 Å². The van der Waals surface area contributed by atoms with Crippen molar-refractivity contribution in [1.82, 2.24) is 4.98 Å². The molecule has 0 radical (unpaired) electrons. The molecule has 98 valence electrons. The van der Waals surface area contributed by atoms with Crippen LogP contribution in [0, 0.1) is 0 Å². The van der Waals surface area contributed by atoms with Gasteiger partial charge >= 0.3 is 0 Å². The molecule has 0 fully saturated rings. The van der Waals surface area contributed by atoms with Crippen LogP contribution in [0.3, 0.4) is 0 Å². The van der Waals surface area contributed by atoms with Gasteiger partial charge in [0.25, 0.3) is 0 Å². The SMILES string of the molecule is C(=C\c1nc2ccccc2o1)/c1ccc2c(c1)OCO2. The first-order valence-corrected chi connectivity index (χ1v) is 6.32. The van der Waals surface area contributed by atoms with Crippen LogP contribution < -0.4 is 9.47 Å². The molecular formula is C16H11NO3. The average Bonchev–Trinajstić information content (AvgIpc) is 3.10. The number of hydrogen-bond donors (Lipinski definition) is 0. The summed E-state index contributed by atoms with van der Waals surface area (Å²) in [5.74, 6) is 2.14. The normalized spacial score (nSPS) is 13.4. The van der Waals surface area contributed by atoms with Gasteiger partial charge in [0, 0.05) is 6.08 Å². The fraction of sp³-hybridized carbons (Fsp3) is 0.0625. The molecule has 3 aromatic rings. The lowest BCUT2D eigenvalue weighted by molar-refractivity contribution is 0.174. The molecule has 0 atom stereocenters. The Morgan fingerprint density at radius 2 is 1.85 bits per heavy atom. The molecule has 0 spiro atoms. The van der Waals surface area contributed by atoms with Crippen LogP contribution in [0.2, 0.25) is 0 Å². The zero-order valence-corrected chi connectivity index (χ0v) is 10.6. The van der Waals surface area contributed by atoms with Crippen molar-refractivity contribution < 1.29 is 13.9 Å².